The lowest BCUT2D eigenvalue weighted by Crippen LogP contribution is -2.33. The summed E-state index contributed by atoms with van der Waals surface area (Å²) in [5.74, 6) is 0.503. The molecule has 1 unspecified atom stereocenters. The lowest BCUT2D eigenvalue weighted by Gasteiger charge is -2.32. The van der Waals surface area contributed by atoms with Gasteiger partial charge in [0.15, 0.2) is 0 Å². The van der Waals surface area contributed by atoms with E-state index in [4.69, 9.17) is 21.1 Å². The Hall–Kier alpha value is -1.43. The first-order valence-electron chi connectivity index (χ1n) is 12.0. The van der Waals surface area contributed by atoms with Crippen LogP contribution in [0.15, 0.2) is 42.5 Å². The summed E-state index contributed by atoms with van der Waals surface area (Å²) in [6, 6.07) is 14.9. The zero-order valence-electron chi connectivity index (χ0n) is 18.5. The van der Waals surface area contributed by atoms with Crippen LogP contribution in [0.25, 0.3) is 0 Å². The number of benzene rings is 2. The standard InChI is InChI=1S/C27H33ClO4/c28-25-8-7-20(26-14-23(30)13-24(16-29)32-26)12-21(25)11-18-3-5-19(6-4-18)22-15-27(31-17-22)9-1-2-10-27/h3-8,12,22-24,26,29-30H,1-2,9-11,13-17H2/t22?,23-,24-,26+/m0/s1. The van der Waals surface area contributed by atoms with Crippen LogP contribution in [0.4, 0.5) is 0 Å². The molecule has 0 bridgehead atoms. The van der Waals surface area contributed by atoms with Gasteiger partial charge in [-0.3, -0.25) is 0 Å². The molecule has 172 valence electrons. The Kier molecular flexibility index (Phi) is 6.60. The third-order valence-electron chi connectivity index (χ3n) is 7.59. The van der Waals surface area contributed by atoms with Crippen LogP contribution in [0.2, 0.25) is 5.02 Å². The molecule has 1 spiro atoms. The molecule has 0 aromatic heterocycles. The van der Waals surface area contributed by atoms with Gasteiger partial charge in [0.1, 0.15) is 0 Å². The zero-order chi connectivity index (χ0) is 22.1. The highest BCUT2D eigenvalue weighted by Gasteiger charge is 2.42. The summed E-state index contributed by atoms with van der Waals surface area (Å²) in [6.07, 6.45) is 6.96. The number of halogens is 1. The SMILES string of the molecule is OC[C@@H]1C[C@H](O)C[C@H](c2ccc(Cl)c(Cc3ccc(C4COC5(CCCC5)C4)cc3)c2)O1. The maximum Gasteiger partial charge on any atom is 0.0854 e. The van der Waals surface area contributed by atoms with Gasteiger partial charge < -0.3 is 19.7 Å². The molecule has 2 aromatic rings. The number of hydrogen-bond acceptors (Lipinski definition) is 4. The summed E-state index contributed by atoms with van der Waals surface area (Å²) in [5.41, 5.74) is 4.80. The maximum absolute atomic E-state index is 10.2. The molecule has 2 N–H and O–H groups in total. The second-order valence-electron chi connectivity index (χ2n) is 9.93. The topological polar surface area (TPSA) is 58.9 Å². The van der Waals surface area contributed by atoms with E-state index in [1.165, 1.54) is 36.8 Å². The Morgan fingerprint density at radius 3 is 2.50 bits per heavy atom. The summed E-state index contributed by atoms with van der Waals surface area (Å²) in [5, 5.41) is 20.4. The van der Waals surface area contributed by atoms with Gasteiger partial charge in [0.2, 0.25) is 0 Å². The van der Waals surface area contributed by atoms with Crippen LogP contribution in [0.5, 0.6) is 0 Å². The minimum Gasteiger partial charge on any atom is -0.394 e. The van der Waals surface area contributed by atoms with Crippen molar-refractivity contribution in [3.05, 3.63) is 69.7 Å². The fourth-order valence-corrected chi connectivity index (χ4v) is 5.99. The highest BCUT2D eigenvalue weighted by atomic mass is 35.5. The van der Waals surface area contributed by atoms with Crippen molar-refractivity contribution in [3.8, 4) is 0 Å². The molecule has 4 nitrogen and oxygen atoms in total. The van der Waals surface area contributed by atoms with Gasteiger partial charge in [0, 0.05) is 23.8 Å². The summed E-state index contributed by atoms with van der Waals surface area (Å²) >= 11 is 6.53. The van der Waals surface area contributed by atoms with Gasteiger partial charge in [0.25, 0.3) is 0 Å². The highest BCUT2D eigenvalue weighted by molar-refractivity contribution is 6.31. The van der Waals surface area contributed by atoms with Crippen molar-refractivity contribution in [1.29, 1.82) is 0 Å². The van der Waals surface area contributed by atoms with Crippen LogP contribution in [-0.4, -0.2) is 41.2 Å². The van der Waals surface area contributed by atoms with Gasteiger partial charge in [0.05, 0.1) is 37.1 Å². The normalized spacial score (nSPS) is 29.6. The van der Waals surface area contributed by atoms with E-state index < -0.39 is 6.10 Å². The third-order valence-corrected chi connectivity index (χ3v) is 7.96. The average Bonchev–Trinajstić information content (AvgIpc) is 3.45. The summed E-state index contributed by atoms with van der Waals surface area (Å²) < 4.78 is 12.2. The summed E-state index contributed by atoms with van der Waals surface area (Å²) in [6.45, 7) is 0.767. The molecule has 0 amide bonds. The monoisotopic (exact) mass is 456 g/mol. The summed E-state index contributed by atoms with van der Waals surface area (Å²) in [4.78, 5) is 0. The molecule has 2 heterocycles. The van der Waals surface area contributed by atoms with Crippen LogP contribution < -0.4 is 0 Å². The van der Waals surface area contributed by atoms with E-state index in [1.807, 2.05) is 12.1 Å². The predicted molar refractivity (Wildman–Crippen MR) is 125 cm³/mol. The predicted octanol–water partition coefficient (Wildman–Crippen LogP) is 5.32. The first-order valence-corrected chi connectivity index (χ1v) is 12.4. The van der Waals surface area contributed by atoms with E-state index in [-0.39, 0.29) is 24.4 Å². The molecule has 2 saturated heterocycles. The Labute approximate surface area is 195 Å². The smallest absolute Gasteiger partial charge is 0.0854 e. The van der Waals surface area contributed by atoms with Crippen molar-refractivity contribution in [3.63, 3.8) is 0 Å². The van der Waals surface area contributed by atoms with E-state index in [2.05, 4.69) is 30.3 Å². The van der Waals surface area contributed by atoms with E-state index in [0.29, 0.717) is 18.8 Å². The Bertz CT molecular complexity index is 922. The van der Waals surface area contributed by atoms with Crippen LogP contribution >= 0.6 is 11.6 Å². The average molecular weight is 457 g/mol. The second kappa shape index (κ2) is 9.44. The van der Waals surface area contributed by atoms with Crippen molar-refractivity contribution in [2.45, 2.75) is 81.2 Å². The van der Waals surface area contributed by atoms with E-state index in [1.54, 1.807) is 0 Å². The minimum atomic E-state index is -0.458. The molecular formula is C27H33ClO4. The highest BCUT2D eigenvalue weighted by Crippen LogP contribution is 2.46. The second-order valence-corrected chi connectivity index (χ2v) is 10.3. The fourth-order valence-electron chi connectivity index (χ4n) is 5.81. The Balaban J connectivity index is 1.27. The van der Waals surface area contributed by atoms with Crippen molar-refractivity contribution in [1.82, 2.24) is 0 Å². The van der Waals surface area contributed by atoms with Crippen molar-refractivity contribution in [2.24, 2.45) is 0 Å². The molecule has 5 heteroatoms. The van der Waals surface area contributed by atoms with Gasteiger partial charge in [-0.05, 0) is 54.0 Å². The quantitative estimate of drug-likeness (QED) is 0.639. The summed E-state index contributed by atoms with van der Waals surface area (Å²) in [7, 11) is 0. The maximum atomic E-state index is 10.2. The minimum absolute atomic E-state index is 0.0759. The zero-order valence-corrected chi connectivity index (χ0v) is 19.3. The molecule has 1 saturated carbocycles. The van der Waals surface area contributed by atoms with Crippen molar-refractivity contribution in [2.75, 3.05) is 13.2 Å². The number of rotatable bonds is 5. The molecule has 3 aliphatic rings. The first kappa shape index (κ1) is 22.4. The molecule has 1 aliphatic carbocycles. The first-order chi connectivity index (χ1) is 15.5. The van der Waals surface area contributed by atoms with Gasteiger partial charge in [-0.2, -0.15) is 0 Å². The van der Waals surface area contributed by atoms with Gasteiger partial charge in [-0.15, -0.1) is 0 Å². The molecular weight excluding hydrogens is 424 g/mol. The number of ether oxygens (including phenoxy) is 2. The van der Waals surface area contributed by atoms with Crippen LogP contribution in [0.3, 0.4) is 0 Å². The van der Waals surface area contributed by atoms with Crippen LogP contribution in [0.1, 0.15) is 79.2 Å². The van der Waals surface area contributed by atoms with Crippen molar-refractivity contribution >= 4 is 11.6 Å². The van der Waals surface area contributed by atoms with Crippen molar-refractivity contribution < 1.29 is 19.7 Å². The Morgan fingerprint density at radius 1 is 1.00 bits per heavy atom. The van der Waals surface area contributed by atoms with E-state index >= 15 is 0 Å². The van der Waals surface area contributed by atoms with E-state index in [9.17, 15) is 10.2 Å². The molecule has 2 aliphatic heterocycles. The van der Waals surface area contributed by atoms with E-state index in [0.717, 1.165) is 35.6 Å². The number of aliphatic hydroxyl groups excluding tert-OH is 2. The number of hydrogen-bond donors (Lipinski definition) is 2. The Morgan fingerprint density at radius 2 is 1.75 bits per heavy atom. The molecule has 5 rings (SSSR count). The molecule has 0 radical (unpaired) electrons. The fraction of sp³-hybridized carbons (Fsp3) is 0.556. The van der Waals surface area contributed by atoms with Gasteiger partial charge in [-0.25, -0.2) is 0 Å². The number of aliphatic hydroxyl groups is 2. The molecule has 3 fully saturated rings. The largest absolute Gasteiger partial charge is 0.394 e. The lowest BCUT2D eigenvalue weighted by atomic mass is 9.88. The molecule has 4 atom stereocenters. The molecule has 32 heavy (non-hydrogen) atoms. The van der Waals surface area contributed by atoms with Crippen LogP contribution in [-0.2, 0) is 15.9 Å². The van der Waals surface area contributed by atoms with Gasteiger partial charge in [-0.1, -0.05) is 60.8 Å². The lowest BCUT2D eigenvalue weighted by molar-refractivity contribution is -0.113. The van der Waals surface area contributed by atoms with Gasteiger partial charge >= 0.3 is 0 Å². The van der Waals surface area contributed by atoms with Crippen LogP contribution in [0, 0.1) is 0 Å². The molecule has 2 aromatic carbocycles. The third kappa shape index (κ3) is 4.76.